The number of likely N-dealkylation sites (N-methyl/N-ethyl adjacent to an activating group) is 1. The third-order valence-corrected chi connectivity index (χ3v) is 4.14. The first-order chi connectivity index (χ1) is 8.09. The molecule has 1 fully saturated rings. The summed E-state index contributed by atoms with van der Waals surface area (Å²) >= 11 is 0. The van der Waals surface area contributed by atoms with Gasteiger partial charge in [-0.2, -0.15) is 0 Å². The number of likely N-dealkylation sites (tertiary alicyclic amines) is 1. The van der Waals surface area contributed by atoms with E-state index < -0.39 is 0 Å². The van der Waals surface area contributed by atoms with Crippen molar-refractivity contribution < 1.29 is 0 Å². The molecule has 1 unspecified atom stereocenters. The van der Waals surface area contributed by atoms with Crippen molar-refractivity contribution in [3.05, 3.63) is 0 Å². The highest BCUT2D eigenvalue weighted by Crippen LogP contribution is 2.30. The van der Waals surface area contributed by atoms with Gasteiger partial charge in [0.2, 0.25) is 0 Å². The molecule has 2 nitrogen and oxygen atoms in total. The number of rotatable bonds is 6. The van der Waals surface area contributed by atoms with Crippen LogP contribution in [-0.4, -0.2) is 37.1 Å². The zero-order chi connectivity index (χ0) is 12.7. The Morgan fingerprint density at radius 1 is 1.18 bits per heavy atom. The summed E-state index contributed by atoms with van der Waals surface area (Å²) in [6, 6.07) is 0.758. The van der Waals surface area contributed by atoms with Crippen LogP contribution in [0, 0.1) is 5.41 Å². The lowest BCUT2D eigenvalue weighted by molar-refractivity contribution is 0.181. The van der Waals surface area contributed by atoms with E-state index in [-0.39, 0.29) is 0 Å². The first kappa shape index (κ1) is 15.0. The highest BCUT2D eigenvalue weighted by atomic mass is 15.2. The minimum atomic E-state index is 0.559. The summed E-state index contributed by atoms with van der Waals surface area (Å²) in [6.45, 7) is 14.2. The molecule has 1 N–H and O–H groups in total. The largest absolute Gasteiger partial charge is 0.315 e. The molecule has 0 aromatic heterocycles. The molecule has 1 atom stereocenters. The van der Waals surface area contributed by atoms with Gasteiger partial charge in [-0.05, 0) is 50.7 Å². The average Bonchev–Trinajstić information content (AvgIpc) is 2.46. The van der Waals surface area contributed by atoms with Crippen LogP contribution in [0.4, 0.5) is 0 Å². The lowest BCUT2D eigenvalue weighted by Crippen LogP contribution is -2.43. The molecule has 1 aliphatic rings. The molecular weight excluding hydrogens is 208 g/mol. The van der Waals surface area contributed by atoms with E-state index in [1.165, 1.54) is 51.7 Å². The Kier molecular flexibility index (Phi) is 6.50. The van der Waals surface area contributed by atoms with Crippen LogP contribution in [0.5, 0.6) is 0 Å². The summed E-state index contributed by atoms with van der Waals surface area (Å²) in [5.41, 5.74) is 0.559. The molecule has 0 aliphatic carbocycles. The molecule has 17 heavy (non-hydrogen) atoms. The van der Waals surface area contributed by atoms with Crippen LogP contribution in [0.15, 0.2) is 0 Å². The van der Waals surface area contributed by atoms with Gasteiger partial charge in [0.25, 0.3) is 0 Å². The van der Waals surface area contributed by atoms with Gasteiger partial charge in [0, 0.05) is 12.6 Å². The molecule has 0 saturated carbocycles. The molecule has 2 heteroatoms. The Bertz CT molecular complexity index is 201. The summed E-state index contributed by atoms with van der Waals surface area (Å²) in [6.07, 6.45) is 6.77. The van der Waals surface area contributed by atoms with E-state index in [1.54, 1.807) is 0 Å². The molecular formula is C15H32N2. The molecule has 1 heterocycles. The van der Waals surface area contributed by atoms with E-state index >= 15 is 0 Å². The van der Waals surface area contributed by atoms with Crippen LogP contribution in [0.2, 0.25) is 0 Å². The Morgan fingerprint density at radius 3 is 2.59 bits per heavy atom. The quantitative estimate of drug-likeness (QED) is 0.766. The Hall–Kier alpha value is -0.0800. The van der Waals surface area contributed by atoms with Gasteiger partial charge in [-0.15, -0.1) is 0 Å². The van der Waals surface area contributed by atoms with Gasteiger partial charge in [-0.25, -0.2) is 0 Å². The van der Waals surface area contributed by atoms with Crippen LogP contribution < -0.4 is 5.32 Å². The normalized spacial score (nSPS) is 23.3. The smallest absolute Gasteiger partial charge is 0.0220 e. The van der Waals surface area contributed by atoms with Crippen LogP contribution in [0.1, 0.15) is 59.8 Å². The van der Waals surface area contributed by atoms with E-state index in [0.717, 1.165) is 12.6 Å². The van der Waals surface area contributed by atoms with Crippen LogP contribution in [0.25, 0.3) is 0 Å². The summed E-state index contributed by atoms with van der Waals surface area (Å²) in [5, 5.41) is 3.53. The van der Waals surface area contributed by atoms with Crippen molar-refractivity contribution in [3.8, 4) is 0 Å². The van der Waals surface area contributed by atoms with Gasteiger partial charge in [0.05, 0.1) is 0 Å². The third kappa shape index (κ3) is 5.39. The molecule has 0 aromatic rings. The van der Waals surface area contributed by atoms with E-state index in [2.05, 4.69) is 37.9 Å². The van der Waals surface area contributed by atoms with Crippen LogP contribution in [0.3, 0.4) is 0 Å². The molecule has 0 spiro atoms. The monoisotopic (exact) mass is 240 g/mol. The van der Waals surface area contributed by atoms with E-state index in [9.17, 15) is 0 Å². The fraction of sp³-hybridized carbons (Fsp3) is 1.00. The fourth-order valence-corrected chi connectivity index (χ4v) is 2.87. The van der Waals surface area contributed by atoms with Crippen molar-refractivity contribution >= 4 is 0 Å². The minimum absolute atomic E-state index is 0.559. The summed E-state index contributed by atoms with van der Waals surface area (Å²) in [5.74, 6) is 0. The molecule has 1 rings (SSSR count). The van der Waals surface area contributed by atoms with Crippen molar-refractivity contribution in [2.75, 3.05) is 26.2 Å². The first-order valence-electron chi connectivity index (χ1n) is 7.54. The van der Waals surface area contributed by atoms with Gasteiger partial charge in [-0.3, -0.25) is 4.90 Å². The van der Waals surface area contributed by atoms with Gasteiger partial charge < -0.3 is 5.32 Å². The third-order valence-electron chi connectivity index (χ3n) is 4.14. The highest BCUT2D eigenvalue weighted by molar-refractivity contribution is 4.81. The van der Waals surface area contributed by atoms with E-state index in [4.69, 9.17) is 0 Å². The van der Waals surface area contributed by atoms with Crippen LogP contribution in [-0.2, 0) is 0 Å². The number of nitrogens with one attached hydrogen (secondary N) is 1. The van der Waals surface area contributed by atoms with Gasteiger partial charge >= 0.3 is 0 Å². The number of nitrogens with zero attached hydrogens (tertiary/aromatic N) is 1. The molecule has 0 radical (unpaired) electrons. The lowest BCUT2D eigenvalue weighted by Gasteiger charge is -2.31. The highest BCUT2D eigenvalue weighted by Gasteiger charge is 2.26. The van der Waals surface area contributed by atoms with Crippen molar-refractivity contribution in [1.82, 2.24) is 10.2 Å². The number of hydrogen-bond donors (Lipinski definition) is 1. The van der Waals surface area contributed by atoms with Crippen molar-refractivity contribution in [2.24, 2.45) is 5.41 Å². The Balaban J connectivity index is 2.48. The molecule has 0 aromatic carbocycles. The molecule has 0 amide bonds. The maximum Gasteiger partial charge on any atom is 0.0220 e. The standard InChI is InChI=1S/C15H32N2/c1-5-8-14(13-16-6-2)17-11-7-9-15(3,4)10-12-17/h14,16H,5-13H2,1-4H3. The second-order valence-electron chi connectivity index (χ2n) is 6.30. The predicted octanol–water partition coefficient (Wildman–Crippen LogP) is 3.28. The maximum absolute atomic E-state index is 3.53. The molecule has 102 valence electrons. The second-order valence-corrected chi connectivity index (χ2v) is 6.30. The van der Waals surface area contributed by atoms with Gasteiger partial charge in [-0.1, -0.05) is 34.1 Å². The maximum atomic E-state index is 3.53. The number of hydrogen-bond acceptors (Lipinski definition) is 2. The molecule has 1 aliphatic heterocycles. The van der Waals surface area contributed by atoms with Gasteiger partial charge in [0.15, 0.2) is 0 Å². The molecule has 0 bridgehead atoms. The van der Waals surface area contributed by atoms with E-state index in [1.807, 2.05) is 0 Å². The second kappa shape index (κ2) is 7.38. The first-order valence-corrected chi connectivity index (χ1v) is 7.54. The van der Waals surface area contributed by atoms with Crippen LogP contribution >= 0.6 is 0 Å². The topological polar surface area (TPSA) is 15.3 Å². The molecule has 1 saturated heterocycles. The lowest BCUT2D eigenvalue weighted by atomic mass is 9.85. The summed E-state index contributed by atoms with van der Waals surface area (Å²) in [7, 11) is 0. The Labute approximate surface area is 108 Å². The van der Waals surface area contributed by atoms with Crippen molar-refractivity contribution in [1.29, 1.82) is 0 Å². The zero-order valence-electron chi connectivity index (χ0n) is 12.4. The predicted molar refractivity (Wildman–Crippen MR) is 76.4 cm³/mol. The van der Waals surface area contributed by atoms with Crippen molar-refractivity contribution in [3.63, 3.8) is 0 Å². The zero-order valence-corrected chi connectivity index (χ0v) is 12.4. The Morgan fingerprint density at radius 2 is 1.94 bits per heavy atom. The fourth-order valence-electron chi connectivity index (χ4n) is 2.87. The summed E-state index contributed by atoms with van der Waals surface area (Å²) < 4.78 is 0. The average molecular weight is 240 g/mol. The SMILES string of the molecule is CCCC(CNCC)N1CCCC(C)(C)CC1. The van der Waals surface area contributed by atoms with E-state index in [0.29, 0.717) is 5.41 Å². The summed E-state index contributed by atoms with van der Waals surface area (Å²) in [4.78, 5) is 2.74. The van der Waals surface area contributed by atoms with Crippen molar-refractivity contribution in [2.45, 2.75) is 65.8 Å². The minimum Gasteiger partial charge on any atom is -0.315 e. The van der Waals surface area contributed by atoms with Gasteiger partial charge in [0.1, 0.15) is 0 Å².